The van der Waals surface area contributed by atoms with Crippen LogP contribution in [0.3, 0.4) is 0 Å². The number of benzene rings is 1. The van der Waals surface area contributed by atoms with Gasteiger partial charge in [-0.15, -0.1) is 0 Å². The molecule has 0 spiro atoms. The summed E-state index contributed by atoms with van der Waals surface area (Å²) >= 11 is 12.7. The van der Waals surface area contributed by atoms with Gasteiger partial charge in [0.1, 0.15) is 11.3 Å². The summed E-state index contributed by atoms with van der Waals surface area (Å²) in [4.78, 5) is 49.9. The zero-order valence-corrected chi connectivity index (χ0v) is 30.0. The average molecular weight is 700 g/mol. The van der Waals surface area contributed by atoms with E-state index in [1.54, 1.807) is 63.8 Å². The number of carbonyl (C=O) groups excluding carboxylic acids is 2. The molecule has 1 aromatic carbocycles. The Morgan fingerprint density at radius 3 is 2.33 bits per heavy atom. The van der Waals surface area contributed by atoms with Crippen molar-refractivity contribution in [3.05, 3.63) is 91.2 Å². The van der Waals surface area contributed by atoms with Crippen LogP contribution in [0.1, 0.15) is 86.3 Å². The minimum Gasteiger partial charge on any atom is -0.479 e. The van der Waals surface area contributed by atoms with Crippen LogP contribution in [0.25, 0.3) is 5.69 Å². The highest BCUT2D eigenvalue weighted by Gasteiger charge is 2.34. The van der Waals surface area contributed by atoms with E-state index in [0.29, 0.717) is 32.6 Å². The molecule has 3 aromatic heterocycles. The third-order valence-corrected chi connectivity index (χ3v) is 7.81. The number of amides is 1. The number of halogens is 2. The lowest BCUT2D eigenvalue weighted by atomic mass is 9.83. The maximum Gasteiger partial charge on any atom is 0.416 e. The van der Waals surface area contributed by atoms with E-state index in [1.807, 2.05) is 26.0 Å². The lowest BCUT2D eigenvalue weighted by Gasteiger charge is -2.24. The number of aryl methyl sites for hydroxylation is 1. The van der Waals surface area contributed by atoms with Gasteiger partial charge in [-0.1, -0.05) is 49.2 Å². The Balaban J connectivity index is 2.00. The normalized spacial score (nSPS) is 12.2. The van der Waals surface area contributed by atoms with Crippen LogP contribution in [0.5, 0.6) is 5.88 Å². The number of methoxy groups -OCH3 is 1. The predicted octanol–water partition coefficient (Wildman–Crippen LogP) is 6.72. The fourth-order valence-corrected chi connectivity index (χ4v) is 5.68. The van der Waals surface area contributed by atoms with Gasteiger partial charge in [0, 0.05) is 42.4 Å². The molecule has 3 heterocycles. The minimum absolute atomic E-state index is 0.0322. The van der Waals surface area contributed by atoms with Gasteiger partial charge in [-0.2, -0.15) is 10.1 Å². The molecule has 4 aromatic rings. The summed E-state index contributed by atoms with van der Waals surface area (Å²) < 4.78 is 19.6. The Bertz CT molecular complexity index is 1860. The topological polar surface area (TPSA) is 131 Å². The number of aromatic nitrogens is 5. The summed E-state index contributed by atoms with van der Waals surface area (Å²) in [6.45, 7) is 11.0. The lowest BCUT2D eigenvalue weighted by molar-refractivity contribution is 0.0515. The summed E-state index contributed by atoms with van der Waals surface area (Å²) in [5, 5.41) is 5.71. The predicted molar refractivity (Wildman–Crippen MR) is 184 cm³/mol. The molecular formula is C34H40Cl2N6O6. The molecule has 4 rings (SSSR count). The van der Waals surface area contributed by atoms with Crippen molar-refractivity contribution in [1.82, 2.24) is 24.3 Å². The van der Waals surface area contributed by atoms with E-state index >= 15 is 0 Å². The number of pyridine rings is 1. The van der Waals surface area contributed by atoms with Crippen molar-refractivity contribution >= 4 is 41.2 Å². The third-order valence-electron chi connectivity index (χ3n) is 7.36. The molecule has 256 valence electrons. The second kappa shape index (κ2) is 14.8. The first-order chi connectivity index (χ1) is 22.6. The minimum atomic E-state index is -0.730. The number of rotatable bonds is 10. The number of carbonyl (C=O) groups is 2. The van der Waals surface area contributed by atoms with Gasteiger partial charge < -0.3 is 18.8 Å². The van der Waals surface area contributed by atoms with E-state index in [2.05, 4.69) is 9.97 Å². The first-order valence-corrected chi connectivity index (χ1v) is 16.1. The Hall–Kier alpha value is -4.42. The standard InChI is InChI=1S/C34H40Cl2N6O6/c1-10-47-31(44)27-26(24(20-11-13-22(35)14-12-20)16-21-15-23(36)18-40(7)30(21)43)28(19(2)3)42(39-27)25-17-37-32(38-29(25)46-9)41(8)33(45)48-34(4,5)6/h11-15,17-19,24H,10,16H2,1-9H3. The molecule has 12 nitrogen and oxygen atoms in total. The molecule has 0 aliphatic heterocycles. The molecule has 0 fully saturated rings. The fraction of sp³-hybridized carbons (Fsp3) is 0.412. The molecule has 0 bridgehead atoms. The van der Waals surface area contributed by atoms with Crippen molar-refractivity contribution in [2.45, 2.75) is 65.4 Å². The monoisotopic (exact) mass is 698 g/mol. The number of nitrogens with zero attached hydrogens (tertiary/aromatic N) is 6. The van der Waals surface area contributed by atoms with Crippen LogP contribution in [-0.2, 0) is 22.9 Å². The van der Waals surface area contributed by atoms with E-state index in [1.165, 1.54) is 29.8 Å². The SMILES string of the molecule is CCOC(=O)c1nn(-c2cnc(N(C)C(=O)OC(C)(C)C)nc2OC)c(C(C)C)c1C(Cc1cc(Cl)cn(C)c1=O)c1ccc(Cl)cc1. The number of hydrogen-bond acceptors (Lipinski definition) is 9. The van der Waals surface area contributed by atoms with Gasteiger partial charge in [0.05, 0.1) is 30.6 Å². The molecular weight excluding hydrogens is 659 g/mol. The van der Waals surface area contributed by atoms with E-state index in [0.717, 1.165) is 5.56 Å². The third kappa shape index (κ3) is 7.99. The van der Waals surface area contributed by atoms with Crippen molar-refractivity contribution in [1.29, 1.82) is 0 Å². The second-order valence-corrected chi connectivity index (χ2v) is 13.3. The first-order valence-electron chi connectivity index (χ1n) is 15.3. The average Bonchev–Trinajstić information content (AvgIpc) is 3.42. The molecule has 14 heteroatoms. The molecule has 1 atom stereocenters. The number of ether oxygens (including phenoxy) is 3. The largest absolute Gasteiger partial charge is 0.479 e. The van der Waals surface area contributed by atoms with Gasteiger partial charge in [-0.25, -0.2) is 24.2 Å². The summed E-state index contributed by atoms with van der Waals surface area (Å²) in [6.07, 6.45) is 2.54. The highest BCUT2D eigenvalue weighted by molar-refractivity contribution is 6.30. The zero-order chi connectivity index (χ0) is 35.5. The second-order valence-electron chi connectivity index (χ2n) is 12.4. The van der Waals surface area contributed by atoms with Crippen LogP contribution < -0.4 is 15.2 Å². The Labute approximate surface area is 289 Å². The van der Waals surface area contributed by atoms with Crippen molar-refractivity contribution in [2.75, 3.05) is 25.7 Å². The summed E-state index contributed by atoms with van der Waals surface area (Å²) in [5.74, 6) is -1.31. The van der Waals surface area contributed by atoms with E-state index in [4.69, 9.17) is 42.5 Å². The number of anilines is 1. The molecule has 0 radical (unpaired) electrons. The van der Waals surface area contributed by atoms with Crippen molar-refractivity contribution in [2.24, 2.45) is 7.05 Å². The summed E-state index contributed by atoms with van der Waals surface area (Å²) in [6, 6.07) is 8.83. The van der Waals surface area contributed by atoms with Gasteiger partial charge in [-0.05, 0) is 63.8 Å². The van der Waals surface area contributed by atoms with Crippen molar-refractivity contribution in [3.8, 4) is 11.6 Å². The highest BCUT2D eigenvalue weighted by atomic mass is 35.5. The molecule has 1 amide bonds. The van der Waals surface area contributed by atoms with Crippen molar-refractivity contribution < 1.29 is 23.8 Å². The van der Waals surface area contributed by atoms with Gasteiger partial charge in [0.15, 0.2) is 5.69 Å². The fourth-order valence-electron chi connectivity index (χ4n) is 5.28. The Morgan fingerprint density at radius 1 is 1.08 bits per heavy atom. The van der Waals surface area contributed by atoms with Crippen LogP contribution in [0.2, 0.25) is 10.0 Å². The van der Waals surface area contributed by atoms with Crippen LogP contribution in [0.15, 0.2) is 47.5 Å². The molecule has 0 saturated carbocycles. The van der Waals surface area contributed by atoms with Crippen LogP contribution in [-0.4, -0.2) is 62.7 Å². The van der Waals surface area contributed by atoms with E-state index < -0.39 is 23.6 Å². The maximum absolute atomic E-state index is 13.7. The van der Waals surface area contributed by atoms with E-state index in [-0.39, 0.29) is 42.0 Å². The molecule has 0 aliphatic carbocycles. The number of hydrogen-bond donors (Lipinski definition) is 0. The van der Waals surface area contributed by atoms with Gasteiger partial charge in [0.25, 0.3) is 5.56 Å². The maximum atomic E-state index is 13.7. The lowest BCUT2D eigenvalue weighted by Crippen LogP contribution is -2.35. The molecule has 0 aliphatic rings. The smallest absolute Gasteiger partial charge is 0.416 e. The molecule has 48 heavy (non-hydrogen) atoms. The molecule has 0 saturated heterocycles. The first kappa shape index (κ1) is 36.4. The van der Waals surface area contributed by atoms with Crippen LogP contribution >= 0.6 is 23.2 Å². The zero-order valence-electron chi connectivity index (χ0n) is 28.5. The van der Waals surface area contributed by atoms with E-state index in [9.17, 15) is 14.4 Å². The summed E-state index contributed by atoms with van der Waals surface area (Å²) in [7, 11) is 4.55. The number of esters is 1. The Kier molecular flexibility index (Phi) is 11.2. The van der Waals surface area contributed by atoms with Gasteiger partial charge in [0.2, 0.25) is 11.8 Å². The van der Waals surface area contributed by atoms with Gasteiger partial charge >= 0.3 is 12.1 Å². The quantitative estimate of drug-likeness (QED) is 0.166. The van der Waals surface area contributed by atoms with Crippen LogP contribution in [0.4, 0.5) is 10.7 Å². The highest BCUT2D eigenvalue weighted by Crippen LogP contribution is 2.39. The Morgan fingerprint density at radius 2 is 1.75 bits per heavy atom. The summed E-state index contributed by atoms with van der Waals surface area (Å²) in [5.41, 5.74) is 1.81. The van der Waals surface area contributed by atoms with Crippen LogP contribution in [0, 0.1) is 0 Å². The van der Waals surface area contributed by atoms with Gasteiger partial charge in [-0.3, -0.25) is 4.79 Å². The molecule has 1 unspecified atom stereocenters. The molecule has 0 N–H and O–H groups in total. The van der Waals surface area contributed by atoms with Crippen molar-refractivity contribution in [3.63, 3.8) is 0 Å².